The molecule has 2 amide bonds. The number of nitrogens with two attached hydrogens (primary N) is 1. The van der Waals surface area contributed by atoms with Gasteiger partial charge in [0.25, 0.3) is 11.8 Å². The smallest absolute Gasteiger partial charge is 0.257 e. The first-order chi connectivity index (χ1) is 16.5. The highest BCUT2D eigenvalue weighted by Gasteiger charge is 2.25. The number of carbonyl (C=O) groups is 2. The van der Waals surface area contributed by atoms with Crippen LogP contribution in [0.15, 0.2) is 54.6 Å². The van der Waals surface area contributed by atoms with Gasteiger partial charge in [-0.1, -0.05) is 60.9 Å². The van der Waals surface area contributed by atoms with Crippen molar-refractivity contribution >= 4 is 39.1 Å². The lowest BCUT2D eigenvalue weighted by Gasteiger charge is -2.11. The maximum absolute atomic E-state index is 13.6. The van der Waals surface area contributed by atoms with Crippen LogP contribution in [0.5, 0.6) is 0 Å². The van der Waals surface area contributed by atoms with Gasteiger partial charge in [-0.25, -0.2) is 4.98 Å². The van der Waals surface area contributed by atoms with E-state index in [9.17, 15) is 9.59 Å². The van der Waals surface area contributed by atoms with Crippen LogP contribution >= 0.6 is 11.3 Å². The molecule has 2 aromatic heterocycles. The minimum Gasteiger partial charge on any atom is -0.365 e. The van der Waals surface area contributed by atoms with Crippen LogP contribution < -0.4 is 11.1 Å². The van der Waals surface area contributed by atoms with Crippen molar-refractivity contribution in [2.24, 2.45) is 5.73 Å². The third-order valence-electron chi connectivity index (χ3n) is 6.45. The van der Waals surface area contributed by atoms with E-state index in [1.165, 1.54) is 22.6 Å². The van der Waals surface area contributed by atoms with Gasteiger partial charge in [0.15, 0.2) is 0 Å². The SMILES string of the molecule is Cc1ccc(-c2cc(C(=O)Nc3sc4c(c3C(N)=O)CCCCCC4)c3ccccc3n2)cc1. The Bertz CT molecular complexity index is 1390. The van der Waals surface area contributed by atoms with E-state index in [1.807, 2.05) is 61.5 Å². The number of anilines is 1. The molecular weight excluding hydrogens is 442 g/mol. The summed E-state index contributed by atoms with van der Waals surface area (Å²) in [5.74, 6) is -0.739. The minimum absolute atomic E-state index is 0.260. The maximum atomic E-state index is 13.6. The van der Waals surface area contributed by atoms with E-state index in [2.05, 4.69) is 5.32 Å². The number of para-hydroxylation sites is 1. The lowest BCUT2D eigenvalue weighted by Crippen LogP contribution is -2.18. The van der Waals surface area contributed by atoms with E-state index in [4.69, 9.17) is 10.7 Å². The molecule has 0 atom stereocenters. The second kappa shape index (κ2) is 9.39. The summed E-state index contributed by atoms with van der Waals surface area (Å²) in [4.78, 5) is 32.0. The monoisotopic (exact) mass is 469 g/mol. The first-order valence-electron chi connectivity index (χ1n) is 11.7. The van der Waals surface area contributed by atoms with Gasteiger partial charge in [-0.15, -0.1) is 11.3 Å². The van der Waals surface area contributed by atoms with Gasteiger partial charge in [0, 0.05) is 15.8 Å². The number of pyridine rings is 1. The largest absolute Gasteiger partial charge is 0.365 e. The zero-order valence-corrected chi connectivity index (χ0v) is 20.0. The number of hydrogen-bond acceptors (Lipinski definition) is 4. The van der Waals surface area contributed by atoms with Gasteiger partial charge in [0.2, 0.25) is 0 Å². The molecule has 3 N–H and O–H groups in total. The molecule has 0 saturated heterocycles. The summed E-state index contributed by atoms with van der Waals surface area (Å²) >= 11 is 1.50. The summed E-state index contributed by atoms with van der Waals surface area (Å²) in [5, 5.41) is 4.36. The summed E-state index contributed by atoms with van der Waals surface area (Å²) < 4.78 is 0. The van der Waals surface area contributed by atoms with Crippen LogP contribution in [0.2, 0.25) is 0 Å². The van der Waals surface area contributed by atoms with Crippen LogP contribution in [0.25, 0.3) is 22.2 Å². The Morgan fingerprint density at radius 1 is 0.971 bits per heavy atom. The van der Waals surface area contributed by atoms with E-state index in [1.54, 1.807) is 0 Å². The summed E-state index contributed by atoms with van der Waals surface area (Å²) in [6.07, 6.45) is 6.22. The molecule has 1 aliphatic rings. The fourth-order valence-electron chi connectivity index (χ4n) is 4.67. The van der Waals surface area contributed by atoms with Crippen molar-refractivity contribution < 1.29 is 9.59 Å². The van der Waals surface area contributed by atoms with E-state index in [-0.39, 0.29) is 5.91 Å². The highest BCUT2D eigenvalue weighted by Crippen LogP contribution is 2.37. The number of thiophene rings is 1. The number of benzene rings is 2. The van der Waals surface area contributed by atoms with Crippen molar-refractivity contribution in [3.8, 4) is 11.3 Å². The van der Waals surface area contributed by atoms with Gasteiger partial charge in [0.1, 0.15) is 5.00 Å². The van der Waals surface area contributed by atoms with Crippen LogP contribution in [-0.4, -0.2) is 16.8 Å². The van der Waals surface area contributed by atoms with Gasteiger partial charge in [-0.2, -0.15) is 0 Å². The van der Waals surface area contributed by atoms with Gasteiger partial charge in [0.05, 0.1) is 22.3 Å². The number of nitrogens with zero attached hydrogens (tertiary/aromatic N) is 1. The minimum atomic E-state index is -0.478. The molecule has 34 heavy (non-hydrogen) atoms. The lowest BCUT2D eigenvalue weighted by atomic mass is 9.96. The van der Waals surface area contributed by atoms with Crippen molar-refractivity contribution in [3.05, 3.63) is 81.7 Å². The van der Waals surface area contributed by atoms with E-state index in [0.29, 0.717) is 16.1 Å². The van der Waals surface area contributed by atoms with Crippen LogP contribution in [0, 0.1) is 6.92 Å². The van der Waals surface area contributed by atoms with Crippen molar-refractivity contribution in [1.29, 1.82) is 0 Å². The molecule has 0 saturated carbocycles. The number of primary amides is 1. The van der Waals surface area contributed by atoms with Crippen LogP contribution in [0.3, 0.4) is 0 Å². The molecule has 0 radical (unpaired) electrons. The number of hydrogen-bond donors (Lipinski definition) is 2. The number of carbonyl (C=O) groups excluding carboxylic acids is 2. The van der Waals surface area contributed by atoms with Gasteiger partial charge < -0.3 is 11.1 Å². The number of fused-ring (bicyclic) bond motifs is 2. The topological polar surface area (TPSA) is 85.1 Å². The highest BCUT2D eigenvalue weighted by atomic mass is 32.1. The molecule has 0 aliphatic heterocycles. The zero-order valence-electron chi connectivity index (χ0n) is 19.2. The molecule has 0 spiro atoms. The highest BCUT2D eigenvalue weighted by molar-refractivity contribution is 7.17. The average Bonchev–Trinajstić information content (AvgIpc) is 3.14. The number of rotatable bonds is 4. The Labute approximate surface area is 203 Å². The van der Waals surface area contributed by atoms with Gasteiger partial charge >= 0.3 is 0 Å². The van der Waals surface area contributed by atoms with Crippen molar-refractivity contribution in [3.63, 3.8) is 0 Å². The normalized spacial score (nSPS) is 13.7. The molecule has 0 unspecified atom stereocenters. The molecule has 5 rings (SSSR count). The quantitative estimate of drug-likeness (QED) is 0.369. The summed E-state index contributed by atoms with van der Waals surface area (Å²) in [7, 11) is 0. The molecule has 0 fully saturated rings. The lowest BCUT2D eigenvalue weighted by molar-refractivity contribution is 0.100. The van der Waals surface area contributed by atoms with Crippen molar-refractivity contribution in [1.82, 2.24) is 4.98 Å². The Morgan fingerprint density at radius 2 is 1.71 bits per heavy atom. The third-order valence-corrected chi connectivity index (χ3v) is 7.66. The predicted octanol–water partition coefficient (Wildman–Crippen LogP) is 6.28. The van der Waals surface area contributed by atoms with Crippen LogP contribution in [-0.2, 0) is 12.8 Å². The van der Waals surface area contributed by atoms with E-state index in [0.717, 1.165) is 65.4 Å². The first-order valence-corrected chi connectivity index (χ1v) is 12.6. The molecule has 4 aromatic rings. The zero-order chi connectivity index (χ0) is 23.7. The number of aromatic nitrogens is 1. The van der Waals surface area contributed by atoms with Crippen LogP contribution in [0.1, 0.15) is 62.4 Å². The summed E-state index contributed by atoms with van der Waals surface area (Å²) in [6.45, 7) is 2.04. The molecule has 2 aromatic carbocycles. The molecule has 172 valence electrons. The maximum Gasteiger partial charge on any atom is 0.257 e. The first kappa shape index (κ1) is 22.3. The number of amides is 2. The van der Waals surface area contributed by atoms with Crippen LogP contribution in [0.4, 0.5) is 5.00 Å². The van der Waals surface area contributed by atoms with E-state index >= 15 is 0 Å². The molecule has 5 nitrogen and oxygen atoms in total. The van der Waals surface area contributed by atoms with Gasteiger partial charge in [-0.05, 0) is 50.3 Å². The predicted molar refractivity (Wildman–Crippen MR) is 139 cm³/mol. The average molecular weight is 470 g/mol. The molecule has 6 heteroatoms. The Balaban J connectivity index is 1.57. The summed E-state index contributed by atoms with van der Waals surface area (Å²) in [5.41, 5.74) is 11.4. The number of nitrogens with one attached hydrogen (secondary N) is 1. The fraction of sp³-hybridized carbons (Fsp3) is 0.250. The molecule has 2 heterocycles. The second-order valence-corrected chi connectivity index (χ2v) is 9.98. The Hall–Kier alpha value is -3.51. The standard InChI is InChI=1S/C28H27N3O2S/c1-17-12-14-18(15-13-17)23-16-21(19-8-6-7-10-22(19)30-23)27(33)31-28-25(26(29)32)20-9-4-2-3-5-11-24(20)34-28/h6-8,10,12-16H,2-5,9,11H2,1H3,(H2,29,32)(H,31,33). The third kappa shape index (κ3) is 4.33. The molecular formula is C28H27N3O2S. The Morgan fingerprint density at radius 3 is 2.47 bits per heavy atom. The number of aryl methyl sites for hydroxylation is 2. The Kier molecular flexibility index (Phi) is 6.16. The molecule has 1 aliphatic carbocycles. The van der Waals surface area contributed by atoms with Gasteiger partial charge in [-0.3, -0.25) is 9.59 Å². The summed E-state index contributed by atoms with van der Waals surface area (Å²) in [6, 6.07) is 17.6. The molecule has 0 bridgehead atoms. The second-order valence-electron chi connectivity index (χ2n) is 8.88. The van der Waals surface area contributed by atoms with Crippen molar-refractivity contribution in [2.75, 3.05) is 5.32 Å². The fourth-order valence-corrected chi connectivity index (χ4v) is 5.96. The van der Waals surface area contributed by atoms with Crippen molar-refractivity contribution in [2.45, 2.75) is 45.4 Å². The van der Waals surface area contributed by atoms with E-state index < -0.39 is 5.91 Å².